The summed E-state index contributed by atoms with van der Waals surface area (Å²) in [6.07, 6.45) is 3.64. The molecule has 4 rings (SSSR count). The molecule has 0 saturated carbocycles. The Kier molecular flexibility index (Phi) is 7.48. The number of thiophene rings is 1. The number of hydrogen-bond donors (Lipinski definition) is 1. The Morgan fingerprint density at radius 3 is 2.72 bits per heavy atom. The zero-order chi connectivity index (χ0) is 22.5. The molecule has 0 radical (unpaired) electrons. The third-order valence-electron chi connectivity index (χ3n) is 5.43. The molecular formula is C22H23ClN6OS2. The quantitative estimate of drug-likeness (QED) is 0.466. The molecule has 1 amide bonds. The van der Waals surface area contributed by atoms with Gasteiger partial charge in [-0.25, -0.2) is 0 Å². The summed E-state index contributed by atoms with van der Waals surface area (Å²) in [7, 11) is 0. The largest absolute Gasteiger partial charge is 0.316 e. The minimum absolute atomic E-state index is 0.103. The lowest BCUT2D eigenvalue weighted by molar-refractivity contribution is -0.113. The minimum Gasteiger partial charge on any atom is -0.316 e. The Hall–Kier alpha value is -2.38. The minimum atomic E-state index is -0.190. The fourth-order valence-corrected chi connectivity index (χ4v) is 5.37. The van der Waals surface area contributed by atoms with E-state index in [-0.39, 0.29) is 17.7 Å². The number of carbonyl (C=O) groups excluding carboxylic acids is 1. The highest BCUT2D eigenvalue weighted by molar-refractivity contribution is 7.99. The van der Waals surface area contributed by atoms with E-state index in [1.165, 1.54) is 42.4 Å². The zero-order valence-electron chi connectivity index (χ0n) is 17.6. The molecular weight excluding hydrogens is 464 g/mol. The van der Waals surface area contributed by atoms with Crippen molar-refractivity contribution in [3.05, 3.63) is 52.1 Å². The normalized spacial score (nSPS) is 15.3. The molecule has 1 aromatic carbocycles. The number of halogens is 1. The first-order valence-electron chi connectivity index (χ1n) is 10.4. The molecule has 0 unspecified atom stereocenters. The number of nitriles is 1. The van der Waals surface area contributed by atoms with Crippen LogP contribution in [-0.2, 0) is 4.79 Å². The summed E-state index contributed by atoms with van der Waals surface area (Å²) in [6, 6.07) is 11.4. The van der Waals surface area contributed by atoms with E-state index in [2.05, 4.69) is 33.4 Å². The van der Waals surface area contributed by atoms with E-state index >= 15 is 0 Å². The van der Waals surface area contributed by atoms with Crippen LogP contribution in [0.2, 0.25) is 5.02 Å². The number of thioether (sulfide) groups is 1. The maximum absolute atomic E-state index is 12.5. The van der Waals surface area contributed by atoms with Crippen LogP contribution in [-0.4, -0.2) is 44.4 Å². The summed E-state index contributed by atoms with van der Waals surface area (Å²) in [5.74, 6) is 0.819. The van der Waals surface area contributed by atoms with Gasteiger partial charge >= 0.3 is 0 Å². The Morgan fingerprint density at radius 2 is 2.00 bits per heavy atom. The van der Waals surface area contributed by atoms with Gasteiger partial charge in [-0.05, 0) is 68.6 Å². The van der Waals surface area contributed by atoms with Crippen molar-refractivity contribution >= 4 is 45.6 Å². The number of rotatable bonds is 7. The number of carbonyl (C=O) groups is 1. The second-order valence-corrected chi connectivity index (χ2v) is 9.83. The average molecular weight is 487 g/mol. The van der Waals surface area contributed by atoms with E-state index < -0.39 is 0 Å². The van der Waals surface area contributed by atoms with Gasteiger partial charge in [-0.15, -0.1) is 21.5 Å². The molecule has 1 atom stereocenters. The molecule has 0 spiro atoms. The molecule has 0 bridgehead atoms. The highest BCUT2D eigenvalue weighted by Crippen LogP contribution is 2.30. The molecule has 2 aromatic heterocycles. The third-order valence-corrected chi connectivity index (χ3v) is 7.44. The molecule has 166 valence electrons. The summed E-state index contributed by atoms with van der Waals surface area (Å²) in [4.78, 5) is 14.9. The number of aromatic nitrogens is 3. The van der Waals surface area contributed by atoms with Gasteiger partial charge in [-0.3, -0.25) is 14.3 Å². The molecule has 1 fully saturated rings. The molecule has 7 nitrogen and oxygen atoms in total. The second-order valence-electron chi connectivity index (χ2n) is 7.54. The topological polar surface area (TPSA) is 86.8 Å². The van der Waals surface area contributed by atoms with Crippen molar-refractivity contribution in [2.24, 2.45) is 0 Å². The van der Waals surface area contributed by atoms with E-state index in [0.717, 1.165) is 24.6 Å². The van der Waals surface area contributed by atoms with Gasteiger partial charge in [0.2, 0.25) is 5.91 Å². The van der Waals surface area contributed by atoms with E-state index in [0.29, 0.717) is 20.7 Å². The summed E-state index contributed by atoms with van der Waals surface area (Å²) < 4.78 is 2.01. The molecule has 1 N–H and O–H groups in total. The van der Waals surface area contributed by atoms with Crippen LogP contribution in [0.5, 0.6) is 0 Å². The third kappa shape index (κ3) is 5.15. The van der Waals surface area contributed by atoms with Gasteiger partial charge in [0.1, 0.15) is 11.1 Å². The van der Waals surface area contributed by atoms with Gasteiger partial charge in [-0.1, -0.05) is 29.8 Å². The van der Waals surface area contributed by atoms with Crippen LogP contribution in [0.15, 0.2) is 40.9 Å². The van der Waals surface area contributed by atoms with Crippen molar-refractivity contribution in [2.45, 2.75) is 37.4 Å². The van der Waals surface area contributed by atoms with Crippen molar-refractivity contribution in [1.29, 1.82) is 5.26 Å². The number of nitrogens with zero attached hydrogens (tertiary/aromatic N) is 5. The van der Waals surface area contributed by atoms with Crippen LogP contribution < -0.4 is 5.32 Å². The van der Waals surface area contributed by atoms with Crippen LogP contribution in [0.3, 0.4) is 0 Å². The summed E-state index contributed by atoms with van der Waals surface area (Å²) >= 11 is 8.76. The first-order valence-corrected chi connectivity index (χ1v) is 12.7. The van der Waals surface area contributed by atoms with Crippen LogP contribution in [0.4, 0.5) is 5.00 Å². The zero-order valence-corrected chi connectivity index (χ0v) is 20.0. The van der Waals surface area contributed by atoms with Crippen molar-refractivity contribution in [3.63, 3.8) is 0 Å². The second kappa shape index (κ2) is 10.5. The molecule has 3 aromatic rings. The Balaban J connectivity index is 1.56. The highest BCUT2D eigenvalue weighted by Gasteiger charge is 2.26. The number of likely N-dealkylation sites (tertiary alicyclic amines) is 1. The smallest absolute Gasteiger partial charge is 0.235 e. The van der Waals surface area contributed by atoms with Gasteiger partial charge in [0.05, 0.1) is 17.4 Å². The number of amides is 1. The Labute approximate surface area is 200 Å². The van der Waals surface area contributed by atoms with Crippen LogP contribution in [0.1, 0.15) is 43.6 Å². The fourth-order valence-electron chi connectivity index (χ4n) is 3.73. The number of anilines is 1. The maximum atomic E-state index is 12.5. The fraction of sp³-hybridized carbons (Fsp3) is 0.364. The molecule has 1 aliphatic rings. The standard InChI is InChI=1S/C22H23ClN6OS2/c1-15(28-10-3-2-4-11-28)20-26-27-22(29(20)18-7-5-17(23)6-8-18)32-14-19(30)25-21-16(13-24)9-12-31-21/h5-9,12,15H,2-4,10-11,14H2,1H3,(H,25,30)/t15-/m1/s1. The van der Waals surface area contributed by atoms with Crippen molar-refractivity contribution in [2.75, 3.05) is 24.2 Å². The maximum Gasteiger partial charge on any atom is 0.235 e. The van der Waals surface area contributed by atoms with Gasteiger partial charge in [-0.2, -0.15) is 5.26 Å². The predicted molar refractivity (Wildman–Crippen MR) is 129 cm³/mol. The molecule has 3 heterocycles. The molecule has 32 heavy (non-hydrogen) atoms. The van der Waals surface area contributed by atoms with Crippen molar-refractivity contribution in [1.82, 2.24) is 19.7 Å². The van der Waals surface area contributed by atoms with E-state index in [9.17, 15) is 4.79 Å². The molecule has 1 aliphatic heterocycles. The molecule has 10 heteroatoms. The molecule has 0 aliphatic carbocycles. The van der Waals surface area contributed by atoms with Crippen molar-refractivity contribution in [3.8, 4) is 11.8 Å². The van der Waals surface area contributed by atoms with E-state index in [1.807, 2.05) is 28.8 Å². The number of hydrogen-bond acceptors (Lipinski definition) is 7. The van der Waals surface area contributed by atoms with Crippen LogP contribution >= 0.6 is 34.7 Å². The predicted octanol–water partition coefficient (Wildman–Crippen LogP) is 5.13. The average Bonchev–Trinajstić information content (AvgIpc) is 3.45. The summed E-state index contributed by atoms with van der Waals surface area (Å²) in [6.45, 7) is 4.24. The van der Waals surface area contributed by atoms with Gasteiger partial charge < -0.3 is 5.32 Å². The lowest BCUT2D eigenvalue weighted by Gasteiger charge is -2.31. The molecule has 1 saturated heterocycles. The van der Waals surface area contributed by atoms with Crippen LogP contribution in [0.25, 0.3) is 5.69 Å². The first-order chi connectivity index (χ1) is 15.6. The van der Waals surface area contributed by atoms with Crippen LogP contribution in [0, 0.1) is 11.3 Å². The Bertz CT molecular complexity index is 1110. The SMILES string of the molecule is C[C@H](c1nnc(SCC(=O)Nc2sccc2C#N)n1-c1ccc(Cl)cc1)N1CCCCC1. The summed E-state index contributed by atoms with van der Waals surface area (Å²) in [5.41, 5.74) is 1.38. The lowest BCUT2D eigenvalue weighted by Crippen LogP contribution is -2.33. The van der Waals surface area contributed by atoms with Crippen molar-refractivity contribution < 1.29 is 4.79 Å². The van der Waals surface area contributed by atoms with Gasteiger partial charge in [0.25, 0.3) is 0 Å². The summed E-state index contributed by atoms with van der Waals surface area (Å²) in [5, 5.41) is 24.5. The van der Waals surface area contributed by atoms with Gasteiger partial charge in [0, 0.05) is 10.7 Å². The van der Waals surface area contributed by atoms with E-state index in [1.54, 1.807) is 11.4 Å². The number of benzene rings is 1. The Morgan fingerprint density at radius 1 is 1.25 bits per heavy atom. The van der Waals surface area contributed by atoms with E-state index in [4.69, 9.17) is 16.9 Å². The number of piperidine rings is 1. The lowest BCUT2D eigenvalue weighted by atomic mass is 10.1. The van der Waals surface area contributed by atoms with Gasteiger partial charge in [0.15, 0.2) is 11.0 Å². The first kappa shape index (κ1) is 22.8. The monoisotopic (exact) mass is 486 g/mol. The highest BCUT2D eigenvalue weighted by atomic mass is 35.5. The number of nitrogens with one attached hydrogen (secondary N) is 1.